The average Bonchev–Trinajstić information content (AvgIpc) is 2.48. The normalized spacial score (nSPS) is 16.8. The molecule has 20 heavy (non-hydrogen) atoms. The molecule has 3 heteroatoms. The summed E-state index contributed by atoms with van der Waals surface area (Å²) in [6, 6.07) is 10.7. The fraction of sp³-hybridized carbons (Fsp3) is 0.471. The summed E-state index contributed by atoms with van der Waals surface area (Å²) in [5.74, 6) is 0.858. The lowest BCUT2D eigenvalue weighted by atomic mass is 9.98. The molecule has 1 aliphatic heterocycles. The fourth-order valence-electron chi connectivity index (χ4n) is 2.99. The van der Waals surface area contributed by atoms with E-state index in [1.807, 2.05) is 7.05 Å². The number of piperidine rings is 1. The van der Waals surface area contributed by atoms with Crippen molar-refractivity contribution in [3.63, 3.8) is 0 Å². The maximum atomic E-state index is 4.75. The minimum atomic E-state index is 0.822. The van der Waals surface area contributed by atoms with Crippen LogP contribution in [0.4, 0.5) is 5.69 Å². The second-order valence-corrected chi connectivity index (χ2v) is 5.85. The molecule has 0 bridgehead atoms. The van der Waals surface area contributed by atoms with Crippen LogP contribution >= 0.6 is 0 Å². The van der Waals surface area contributed by atoms with Crippen molar-refractivity contribution in [1.82, 2.24) is 10.3 Å². The molecular formula is C17H23N3. The average molecular weight is 269 g/mol. The zero-order valence-electron chi connectivity index (χ0n) is 12.4. The van der Waals surface area contributed by atoms with Gasteiger partial charge in [0.1, 0.15) is 0 Å². The summed E-state index contributed by atoms with van der Waals surface area (Å²) in [5.41, 5.74) is 3.58. The van der Waals surface area contributed by atoms with Crippen LogP contribution in [0, 0.1) is 5.92 Å². The summed E-state index contributed by atoms with van der Waals surface area (Å²) >= 11 is 0. The number of nitrogens with zero attached hydrogens (tertiary/aromatic N) is 2. The zero-order valence-corrected chi connectivity index (χ0v) is 12.4. The van der Waals surface area contributed by atoms with E-state index in [4.69, 9.17) is 4.98 Å². The van der Waals surface area contributed by atoms with Crippen LogP contribution in [0.15, 0.2) is 30.3 Å². The van der Waals surface area contributed by atoms with E-state index >= 15 is 0 Å². The van der Waals surface area contributed by atoms with E-state index in [1.54, 1.807) is 0 Å². The highest BCUT2D eigenvalue weighted by molar-refractivity contribution is 5.92. The number of fused-ring (bicyclic) bond motifs is 1. The Balaban J connectivity index is 2.03. The Bertz CT molecular complexity index is 586. The molecule has 2 aromatic rings. The van der Waals surface area contributed by atoms with Crippen molar-refractivity contribution < 1.29 is 0 Å². The molecule has 1 fully saturated rings. The van der Waals surface area contributed by atoms with Gasteiger partial charge in [0.05, 0.1) is 11.2 Å². The molecule has 0 amide bonds. The maximum absolute atomic E-state index is 4.75. The molecule has 3 nitrogen and oxygen atoms in total. The van der Waals surface area contributed by atoms with Crippen LogP contribution in [0.1, 0.15) is 25.5 Å². The number of aromatic nitrogens is 1. The fourth-order valence-corrected chi connectivity index (χ4v) is 2.99. The van der Waals surface area contributed by atoms with Crippen LogP contribution in [-0.2, 0) is 6.54 Å². The van der Waals surface area contributed by atoms with E-state index in [0.29, 0.717) is 0 Å². The van der Waals surface area contributed by atoms with Crippen molar-refractivity contribution in [3.05, 3.63) is 36.0 Å². The Morgan fingerprint density at radius 2 is 2.00 bits per heavy atom. The maximum Gasteiger partial charge on any atom is 0.0726 e. The highest BCUT2D eigenvalue weighted by atomic mass is 15.1. The van der Waals surface area contributed by atoms with Gasteiger partial charge in [0, 0.05) is 30.7 Å². The lowest BCUT2D eigenvalue weighted by Crippen LogP contribution is -2.33. The number of hydrogen-bond acceptors (Lipinski definition) is 3. The van der Waals surface area contributed by atoms with Gasteiger partial charge in [-0.25, -0.2) is 0 Å². The van der Waals surface area contributed by atoms with Gasteiger partial charge in [-0.1, -0.05) is 25.1 Å². The third kappa shape index (κ3) is 2.63. The largest absolute Gasteiger partial charge is 0.371 e. The molecule has 0 atom stereocenters. The van der Waals surface area contributed by atoms with E-state index in [0.717, 1.165) is 36.8 Å². The van der Waals surface area contributed by atoms with Gasteiger partial charge in [0.15, 0.2) is 0 Å². The first-order valence-corrected chi connectivity index (χ1v) is 7.56. The van der Waals surface area contributed by atoms with Crippen LogP contribution in [0.25, 0.3) is 10.9 Å². The summed E-state index contributed by atoms with van der Waals surface area (Å²) in [6.07, 6.45) is 2.58. The highest BCUT2D eigenvalue weighted by Gasteiger charge is 2.18. The molecule has 1 N–H and O–H groups in total. The van der Waals surface area contributed by atoms with Crippen LogP contribution in [0.3, 0.4) is 0 Å². The number of anilines is 1. The Kier molecular flexibility index (Phi) is 3.88. The number of para-hydroxylation sites is 1. The zero-order chi connectivity index (χ0) is 13.9. The van der Waals surface area contributed by atoms with Gasteiger partial charge in [-0.3, -0.25) is 4.98 Å². The van der Waals surface area contributed by atoms with Crippen LogP contribution in [0.2, 0.25) is 0 Å². The molecule has 0 saturated carbocycles. The van der Waals surface area contributed by atoms with E-state index in [1.165, 1.54) is 23.9 Å². The minimum absolute atomic E-state index is 0.822. The third-order valence-electron chi connectivity index (χ3n) is 4.23. The second-order valence-electron chi connectivity index (χ2n) is 5.85. The summed E-state index contributed by atoms with van der Waals surface area (Å²) in [7, 11) is 1.97. The first kappa shape index (κ1) is 13.4. The number of benzene rings is 1. The topological polar surface area (TPSA) is 28.2 Å². The minimum Gasteiger partial charge on any atom is -0.371 e. The molecule has 0 radical (unpaired) electrons. The molecule has 1 aliphatic rings. The van der Waals surface area contributed by atoms with E-state index in [9.17, 15) is 0 Å². The Morgan fingerprint density at radius 3 is 2.75 bits per heavy atom. The molecule has 1 aromatic carbocycles. The lowest BCUT2D eigenvalue weighted by molar-refractivity contribution is 0.439. The molecule has 1 saturated heterocycles. The van der Waals surface area contributed by atoms with Gasteiger partial charge in [0.2, 0.25) is 0 Å². The standard InChI is InChI=1S/C17H23N3/c1-13-7-9-20(10-8-13)17-11-14(12-18-2)19-16-6-4-3-5-15(16)17/h3-6,11,13,18H,7-10,12H2,1-2H3. The van der Waals surface area contributed by atoms with Crippen molar-refractivity contribution in [2.45, 2.75) is 26.3 Å². The molecule has 0 aliphatic carbocycles. The lowest BCUT2D eigenvalue weighted by Gasteiger charge is -2.33. The molecule has 106 valence electrons. The number of pyridine rings is 1. The number of rotatable bonds is 3. The predicted molar refractivity (Wildman–Crippen MR) is 85.1 cm³/mol. The first-order chi connectivity index (χ1) is 9.78. The highest BCUT2D eigenvalue weighted by Crippen LogP contribution is 2.30. The van der Waals surface area contributed by atoms with Gasteiger partial charge in [-0.15, -0.1) is 0 Å². The van der Waals surface area contributed by atoms with Gasteiger partial charge >= 0.3 is 0 Å². The quantitative estimate of drug-likeness (QED) is 0.927. The van der Waals surface area contributed by atoms with E-state index in [-0.39, 0.29) is 0 Å². The summed E-state index contributed by atoms with van der Waals surface area (Å²) in [5, 5.41) is 4.48. The number of hydrogen-bond donors (Lipinski definition) is 1. The Morgan fingerprint density at radius 1 is 1.25 bits per heavy atom. The van der Waals surface area contributed by atoms with Crippen LogP contribution in [0.5, 0.6) is 0 Å². The molecule has 0 unspecified atom stereocenters. The first-order valence-electron chi connectivity index (χ1n) is 7.56. The van der Waals surface area contributed by atoms with Gasteiger partial charge in [-0.05, 0) is 37.9 Å². The van der Waals surface area contributed by atoms with Crippen molar-refractivity contribution >= 4 is 16.6 Å². The van der Waals surface area contributed by atoms with Crippen LogP contribution < -0.4 is 10.2 Å². The molecule has 0 spiro atoms. The van der Waals surface area contributed by atoms with Crippen molar-refractivity contribution in [1.29, 1.82) is 0 Å². The van der Waals surface area contributed by atoms with Crippen LogP contribution in [-0.4, -0.2) is 25.1 Å². The Labute approximate surface area is 121 Å². The van der Waals surface area contributed by atoms with Crippen molar-refractivity contribution in [2.75, 3.05) is 25.0 Å². The summed E-state index contributed by atoms with van der Waals surface area (Å²) in [4.78, 5) is 7.28. The third-order valence-corrected chi connectivity index (χ3v) is 4.23. The Hall–Kier alpha value is -1.61. The molecule has 1 aromatic heterocycles. The van der Waals surface area contributed by atoms with Gasteiger partial charge in [0.25, 0.3) is 0 Å². The molecule has 3 rings (SSSR count). The number of nitrogens with one attached hydrogen (secondary N) is 1. The second kappa shape index (κ2) is 5.80. The van der Waals surface area contributed by atoms with Crippen molar-refractivity contribution in [3.8, 4) is 0 Å². The van der Waals surface area contributed by atoms with E-state index < -0.39 is 0 Å². The van der Waals surface area contributed by atoms with Gasteiger partial charge < -0.3 is 10.2 Å². The summed E-state index contributed by atoms with van der Waals surface area (Å²) < 4.78 is 0. The molecule has 2 heterocycles. The summed E-state index contributed by atoms with van der Waals surface area (Å²) in [6.45, 7) is 5.50. The predicted octanol–water partition coefficient (Wildman–Crippen LogP) is 3.19. The SMILES string of the molecule is CNCc1cc(N2CCC(C)CC2)c2ccccc2n1. The van der Waals surface area contributed by atoms with E-state index in [2.05, 4.69) is 47.5 Å². The monoisotopic (exact) mass is 269 g/mol. The molecular weight excluding hydrogens is 246 g/mol. The smallest absolute Gasteiger partial charge is 0.0726 e. The van der Waals surface area contributed by atoms with Gasteiger partial charge in [-0.2, -0.15) is 0 Å². The van der Waals surface area contributed by atoms with Crippen molar-refractivity contribution in [2.24, 2.45) is 5.92 Å².